The Kier molecular flexibility index (Phi) is 11.5. The van der Waals surface area contributed by atoms with E-state index in [0.717, 1.165) is 79.1 Å². The largest absolute Gasteiger partial charge is 0.417 e. The summed E-state index contributed by atoms with van der Waals surface area (Å²) in [5, 5.41) is 18.9. The van der Waals surface area contributed by atoms with E-state index in [4.69, 9.17) is 5.10 Å². The maximum atomic E-state index is 14.2. The van der Waals surface area contributed by atoms with Crippen LogP contribution >= 0.6 is 24.6 Å². The number of likely N-dealkylation sites (tertiary alicyclic amines) is 2. The number of thioether (sulfide) groups is 1. The van der Waals surface area contributed by atoms with E-state index >= 15 is 0 Å². The Morgan fingerprint density at radius 2 is 1.72 bits per heavy atom. The minimum atomic E-state index is -4.62. The summed E-state index contributed by atoms with van der Waals surface area (Å²) in [5.41, 5.74) is 4.47. The van der Waals surface area contributed by atoms with E-state index < -0.39 is 23.8 Å². The molecule has 0 spiro atoms. The van der Waals surface area contributed by atoms with E-state index in [-0.39, 0.29) is 29.1 Å². The Bertz CT molecular complexity index is 1930. The first kappa shape index (κ1) is 37.5. The van der Waals surface area contributed by atoms with E-state index in [1.165, 1.54) is 12.1 Å². The van der Waals surface area contributed by atoms with Gasteiger partial charge in [-0.1, -0.05) is 61.3 Å². The lowest BCUT2D eigenvalue weighted by molar-refractivity contribution is -0.139. The van der Waals surface area contributed by atoms with Crippen LogP contribution in [0.25, 0.3) is 22.4 Å². The van der Waals surface area contributed by atoms with Gasteiger partial charge in [0.25, 0.3) is 0 Å². The Morgan fingerprint density at radius 3 is 2.45 bits per heavy atom. The molecule has 14 heteroatoms. The molecule has 2 N–H and O–H groups in total. The van der Waals surface area contributed by atoms with Gasteiger partial charge in [-0.15, -0.1) is 11.8 Å². The average Bonchev–Trinajstić information content (AvgIpc) is 3.73. The quantitative estimate of drug-likeness (QED) is 0.117. The molecule has 3 aliphatic rings. The van der Waals surface area contributed by atoms with Crippen LogP contribution in [-0.4, -0.2) is 91.4 Å². The van der Waals surface area contributed by atoms with Crippen molar-refractivity contribution in [3.63, 3.8) is 0 Å². The monoisotopic (exact) mass is 764 g/mol. The Labute approximate surface area is 317 Å². The maximum Gasteiger partial charge on any atom is 0.417 e. The number of nitrogens with one attached hydrogen (secondary N) is 1. The molecule has 4 aromatic rings. The number of alkyl halides is 3. The van der Waals surface area contributed by atoms with E-state index in [9.17, 15) is 27.9 Å². The minimum absolute atomic E-state index is 0.0657. The fourth-order valence-electron chi connectivity index (χ4n) is 7.65. The number of rotatable bonds is 11. The van der Waals surface area contributed by atoms with Gasteiger partial charge >= 0.3 is 6.18 Å². The Balaban J connectivity index is 1.05. The van der Waals surface area contributed by atoms with Crippen LogP contribution in [0.5, 0.6) is 0 Å². The molecule has 1 atom stereocenters. The molecule has 9 nitrogen and oxygen atoms in total. The van der Waals surface area contributed by atoms with Gasteiger partial charge < -0.3 is 20.2 Å². The molecule has 7 rings (SSSR count). The lowest BCUT2D eigenvalue weighted by Gasteiger charge is -2.37. The van der Waals surface area contributed by atoms with Crippen molar-refractivity contribution in [3.05, 3.63) is 89.6 Å². The topological polar surface area (TPSA) is 93.9 Å². The lowest BCUT2D eigenvalue weighted by atomic mass is 10.0. The number of hydrogen-bond donors (Lipinski definition) is 3. The van der Waals surface area contributed by atoms with Crippen LogP contribution < -0.4 is 5.32 Å². The van der Waals surface area contributed by atoms with Gasteiger partial charge in [0, 0.05) is 85.6 Å². The van der Waals surface area contributed by atoms with Gasteiger partial charge in [-0.05, 0) is 54.7 Å². The van der Waals surface area contributed by atoms with E-state index in [1.807, 2.05) is 57.7 Å². The van der Waals surface area contributed by atoms with Crippen LogP contribution in [0.2, 0.25) is 0 Å². The molecule has 0 bridgehead atoms. The molecule has 1 unspecified atom stereocenters. The van der Waals surface area contributed by atoms with Crippen molar-refractivity contribution in [3.8, 4) is 22.4 Å². The summed E-state index contributed by atoms with van der Waals surface area (Å²) in [7, 11) is 0. The number of aromatic nitrogens is 2. The third-order valence-electron chi connectivity index (χ3n) is 10.2. The van der Waals surface area contributed by atoms with Gasteiger partial charge in [-0.2, -0.15) is 18.3 Å². The summed E-state index contributed by atoms with van der Waals surface area (Å²) in [6.45, 7) is 4.25. The number of carbonyl (C=O) groups excluding carboxylic acids is 2. The Morgan fingerprint density at radius 1 is 0.943 bits per heavy atom. The molecule has 4 heterocycles. The highest BCUT2D eigenvalue weighted by Crippen LogP contribution is 2.40. The number of anilines is 1. The molecule has 280 valence electrons. The van der Waals surface area contributed by atoms with Crippen LogP contribution in [-0.2, 0) is 35.3 Å². The average molecular weight is 765 g/mol. The van der Waals surface area contributed by atoms with Crippen molar-refractivity contribution in [2.24, 2.45) is 0 Å². The second-order valence-corrected chi connectivity index (χ2v) is 15.5. The summed E-state index contributed by atoms with van der Waals surface area (Å²) in [6.07, 6.45) is -1.38. The van der Waals surface area contributed by atoms with Gasteiger partial charge in [0.15, 0.2) is 0 Å². The van der Waals surface area contributed by atoms with E-state index in [0.29, 0.717) is 49.4 Å². The third kappa shape index (κ3) is 8.94. The summed E-state index contributed by atoms with van der Waals surface area (Å²) in [6, 6.07) is 21.2. The summed E-state index contributed by atoms with van der Waals surface area (Å²) < 4.78 is 46.4. The molecule has 2 fully saturated rings. The van der Waals surface area contributed by atoms with Crippen molar-refractivity contribution < 1.29 is 27.9 Å². The van der Waals surface area contributed by atoms with Gasteiger partial charge in [-0.25, -0.2) is 4.31 Å². The summed E-state index contributed by atoms with van der Waals surface area (Å²) in [4.78, 5) is 29.4. The van der Waals surface area contributed by atoms with E-state index in [2.05, 4.69) is 23.0 Å². The molecule has 2 amide bonds. The van der Waals surface area contributed by atoms with Crippen LogP contribution in [0.1, 0.15) is 42.5 Å². The number of fused-ring (bicyclic) bond motifs is 1. The number of β-amino-alcohol motifs (C(OH)–C–C–N with tert-alkyl or cyclic N) is 1. The smallest absolute Gasteiger partial charge is 0.390 e. The molecule has 0 aliphatic carbocycles. The van der Waals surface area contributed by atoms with Crippen LogP contribution in [0, 0.1) is 0 Å². The fourth-order valence-corrected chi connectivity index (χ4v) is 8.80. The van der Waals surface area contributed by atoms with Gasteiger partial charge in [0.1, 0.15) is 0 Å². The zero-order valence-corrected chi connectivity index (χ0v) is 31.0. The predicted octanol–water partition coefficient (Wildman–Crippen LogP) is 6.62. The molecule has 0 radical (unpaired) electrons. The number of hydrogen-bond acceptors (Lipinski definition) is 8. The SMILES string of the molecule is O=C(CSc1cc(-c2nn(CC(O)CN3CCC(N4CCCC4=O)CC3)c3c2CN(S)CC3)ccc1C(F)(F)F)Nc1cccc(-c2ccccc2)c1. The van der Waals surface area contributed by atoms with Gasteiger partial charge in [0.2, 0.25) is 11.8 Å². The zero-order valence-electron chi connectivity index (χ0n) is 29.3. The molecule has 53 heavy (non-hydrogen) atoms. The van der Waals surface area contributed by atoms with Crippen molar-refractivity contribution >= 4 is 42.1 Å². The normalized spacial score (nSPS) is 18.0. The third-order valence-corrected chi connectivity index (χ3v) is 11.6. The number of halogens is 3. The molecular formula is C39H43F3N6O3S2. The number of carbonyl (C=O) groups is 2. The maximum absolute atomic E-state index is 14.2. The summed E-state index contributed by atoms with van der Waals surface area (Å²) in [5.74, 6) is -0.405. The van der Waals surface area contributed by atoms with Crippen molar-refractivity contribution in [1.29, 1.82) is 0 Å². The Hall–Kier alpha value is -3.82. The highest BCUT2D eigenvalue weighted by Gasteiger charge is 2.35. The summed E-state index contributed by atoms with van der Waals surface area (Å²) >= 11 is 5.41. The number of benzene rings is 3. The molecule has 3 aliphatic heterocycles. The van der Waals surface area contributed by atoms with Crippen molar-refractivity contribution in [2.45, 2.75) is 68.4 Å². The van der Waals surface area contributed by atoms with E-state index in [1.54, 1.807) is 10.7 Å². The molecule has 3 aromatic carbocycles. The first-order valence-corrected chi connectivity index (χ1v) is 19.4. The molecule has 2 saturated heterocycles. The number of piperidine rings is 1. The predicted molar refractivity (Wildman–Crippen MR) is 203 cm³/mol. The highest BCUT2D eigenvalue weighted by molar-refractivity contribution is 8.00. The van der Waals surface area contributed by atoms with Crippen LogP contribution in [0.3, 0.4) is 0 Å². The first-order chi connectivity index (χ1) is 25.5. The second-order valence-electron chi connectivity index (χ2n) is 14.0. The molecule has 1 aromatic heterocycles. The molecular weight excluding hydrogens is 722 g/mol. The van der Waals surface area contributed by atoms with Crippen LogP contribution in [0.15, 0.2) is 77.7 Å². The number of thiol groups is 1. The van der Waals surface area contributed by atoms with Gasteiger partial charge in [0.05, 0.1) is 29.7 Å². The second kappa shape index (κ2) is 16.3. The highest BCUT2D eigenvalue weighted by atomic mass is 32.2. The van der Waals surface area contributed by atoms with Gasteiger partial charge in [-0.3, -0.25) is 14.3 Å². The molecule has 0 saturated carbocycles. The number of aliphatic hydroxyl groups is 1. The number of aliphatic hydroxyl groups excluding tert-OH is 1. The zero-order chi connectivity index (χ0) is 37.1. The minimum Gasteiger partial charge on any atom is -0.390 e. The standard InChI is InChI=1S/C39H43F3N6O3S2/c40-39(41,42)33-12-11-28(21-35(33)53-25-36(50)43-29-9-4-8-27(20-29)26-6-2-1-3-7-26)38-32-24-46(52)19-15-34(32)48(44-38)23-31(49)22-45-17-13-30(14-18-45)47-16-5-10-37(47)51/h1-4,6-9,11-12,20-21,30-31,49,52H,5,10,13-19,22-25H2,(H,43,50). The lowest BCUT2D eigenvalue weighted by Crippen LogP contribution is -2.47. The van der Waals surface area contributed by atoms with Crippen molar-refractivity contribution in [2.75, 3.05) is 43.8 Å². The fraction of sp³-hybridized carbons (Fsp3) is 0.410. The number of nitrogens with zero attached hydrogens (tertiary/aromatic N) is 5. The van der Waals surface area contributed by atoms with Crippen molar-refractivity contribution in [1.82, 2.24) is 23.9 Å². The number of amides is 2. The van der Waals surface area contributed by atoms with Crippen LogP contribution in [0.4, 0.5) is 18.9 Å². The first-order valence-electron chi connectivity index (χ1n) is 18.0.